The zero-order chi connectivity index (χ0) is 15.8. The summed E-state index contributed by atoms with van der Waals surface area (Å²) in [7, 11) is 0. The number of halogens is 3. The molecule has 0 fully saturated rings. The maximum atomic E-state index is 12.1. The molecule has 7 nitrogen and oxygen atoms in total. The van der Waals surface area contributed by atoms with Crippen LogP contribution in [0.4, 0.5) is 13.2 Å². The zero-order valence-corrected chi connectivity index (χ0v) is 9.97. The Bertz CT molecular complexity index is 810. The summed E-state index contributed by atoms with van der Waals surface area (Å²) in [5.74, 6) is -4.59. The fourth-order valence-electron chi connectivity index (χ4n) is 1.51. The van der Waals surface area contributed by atoms with E-state index in [1.165, 1.54) is 6.20 Å². The van der Waals surface area contributed by atoms with Crippen molar-refractivity contribution < 1.29 is 28.2 Å². The van der Waals surface area contributed by atoms with Crippen molar-refractivity contribution in [2.75, 3.05) is 0 Å². The standard InChI is InChI=1S/C11H6F3N3O4/c12-11(13,14)5(19)3-4(18)6-8(20)7-9(17-10(6)21)16-2-1-15-7/h1-3,18H,(H2,16,17,20,21)/b4-3-. The highest BCUT2D eigenvalue weighted by Gasteiger charge is 2.37. The lowest BCUT2D eigenvalue weighted by Crippen LogP contribution is -2.21. The van der Waals surface area contributed by atoms with E-state index in [2.05, 4.69) is 15.0 Å². The Labute approximate surface area is 113 Å². The van der Waals surface area contributed by atoms with Gasteiger partial charge in [0.1, 0.15) is 16.8 Å². The largest absolute Gasteiger partial charge is 0.507 e. The van der Waals surface area contributed by atoms with Crippen LogP contribution in [0, 0.1) is 0 Å². The molecule has 2 aromatic heterocycles. The summed E-state index contributed by atoms with van der Waals surface area (Å²) in [5.41, 5.74) is -2.39. The molecular formula is C11H6F3N3O4. The Morgan fingerprint density at radius 2 is 1.90 bits per heavy atom. The van der Waals surface area contributed by atoms with Crippen LogP contribution >= 0.6 is 0 Å². The second kappa shape index (κ2) is 4.89. The van der Waals surface area contributed by atoms with E-state index < -0.39 is 34.6 Å². The van der Waals surface area contributed by atoms with Gasteiger partial charge in [-0.3, -0.25) is 9.59 Å². The van der Waals surface area contributed by atoms with E-state index in [9.17, 15) is 33.0 Å². The van der Waals surface area contributed by atoms with Crippen molar-refractivity contribution in [3.63, 3.8) is 0 Å². The number of pyridine rings is 1. The van der Waals surface area contributed by atoms with Crippen molar-refractivity contribution >= 4 is 22.7 Å². The third-order valence-electron chi connectivity index (χ3n) is 2.42. The summed E-state index contributed by atoms with van der Waals surface area (Å²) in [6.07, 6.45) is -3.05. The van der Waals surface area contributed by atoms with Crippen LogP contribution in [0.15, 0.2) is 23.3 Å². The number of aliphatic hydroxyl groups excluding tert-OH is 1. The van der Waals surface area contributed by atoms with Gasteiger partial charge >= 0.3 is 6.18 Å². The van der Waals surface area contributed by atoms with Crippen LogP contribution in [-0.4, -0.2) is 37.1 Å². The number of aromatic amines is 1. The molecule has 0 atom stereocenters. The molecule has 0 unspecified atom stereocenters. The minimum Gasteiger partial charge on any atom is -0.507 e. The molecule has 2 heterocycles. The number of nitrogens with zero attached hydrogens (tertiary/aromatic N) is 2. The van der Waals surface area contributed by atoms with E-state index in [-0.39, 0.29) is 17.2 Å². The molecule has 0 amide bonds. The number of allylic oxidation sites excluding steroid dienone is 1. The predicted molar refractivity (Wildman–Crippen MR) is 63.5 cm³/mol. The highest BCUT2D eigenvalue weighted by molar-refractivity contribution is 6.00. The topological polar surface area (TPSA) is 116 Å². The summed E-state index contributed by atoms with van der Waals surface area (Å²) in [6.45, 7) is 0. The second-order valence-corrected chi connectivity index (χ2v) is 3.82. The Kier molecular flexibility index (Phi) is 3.37. The van der Waals surface area contributed by atoms with Gasteiger partial charge in [0, 0.05) is 18.5 Å². The first-order valence-electron chi connectivity index (χ1n) is 5.30. The van der Waals surface area contributed by atoms with Gasteiger partial charge < -0.3 is 15.2 Å². The van der Waals surface area contributed by atoms with Gasteiger partial charge in [-0.05, 0) is 0 Å². The summed E-state index contributed by atoms with van der Waals surface area (Å²) < 4.78 is 36.3. The van der Waals surface area contributed by atoms with Crippen LogP contribution in [-0.2, 0) is 4.79 Å². The molecule has 0 bridgehead atoms. The molecule has 3 N–H and O–H groups in total. The van der Waals surface area contributed by atoms with E-state index in [0.717, 1.165) is 6.20 Å². The van der Waals surface area contributed by atoms with Crippen LogP contribution in [0.3, 0.4) is 0 Å². The number of ketones is 1. The van der Waals surface area contributed by atoms with E-state index in [1.54, 1.807) is 0 Å². The van der Waals surface area contributed by atoms with Crippen molar-refractivity contribution in [3.05, 3.63) is 34.4 Å². The predicted octanol–water partition coefficient (Wildman–Crippen LogP) is 1.05. The van der Waals surface area contributed by atoms with E-state index in [1.807, 2.05) is 0 Å². The van der Waals surface area contributed by atoms with Crippen LogP contribution in [0.5, 0.6) is 5.75 Å². The van der Waals surface area contributed by atoms with Gasteiger partial charge in [0.05, 0.1) is 0 Å². The molecular weight excluding hydrogens is 295 g/mol. The minimum atomic E-state index is -5.22. The lowest BCUT2D eigenvalue weighted by molar-refractivity contribution is -0.165. The van der Waals surface area contributed by atoms with Crippen LogP contribution in [0.1, 0.15) is 5.56 Å². The molecule has 21 heavy (non-hydrogen) atoms. The molecule has 110 valence electrons. The first-order valence-corrected chi connectivity index (χ1v) is 5.30. The maximum Gasteiger partial charge on any atom is 0.454 e. The van der Waals surface area contributed by atoms with Crippen LogP contribution in [0.2, 0.25) is 0 Å². The van der Waals surface area contributed by atoms with Crippen LogP contribution in [0.25, 0.3) is 16.9 Å². The number of aromatic nitrogens is 3. The van der Waals surface area contributed by atoms with Crippen molar-refractivity contribution in [1.29, 1.82) is 0 Å². The Morgan fingerprint density at radius 3 is 2.52 bits per heavy atom. The molecule has 2 aromatic rings. The van der Waals surface area contributed by atoms with Crippen molar-refractivity contribution in [1.82, 2.24) is 15.0 Å². The number of fused-ring (bicyclic) bond motifs is 1. The van der Waals surface area contributed by atoms with Gasteiger partial charge in [-0.25, -0.2) is 9.97 Å². The average molecular weight is 301 g/mol. The number of aliphatic hydroxyl groups is 1. The molecule has 0 spiro atoms. The first kappa shape index (κ1) is 14.5. The molecule has 0 saturated carbocycles. The number of nitrogens with one attached hydrogen (secondary N) is 1. The van der Waals surface area contributed by atoms with Gasteiger partial charge in [-0.2, -0.15) is 13.2 Å². The number of H-pyrrole nitrogens is 1. The molecule has 0 saturated heterocycles. The lowest BCUT2D eigenvalue weighted by Gasteiger charge is -2.06. The minimum absolute atomic E-state index is 0.126. The number of carbonyl (C=O) groups excluding carboxylic acids is 1. The van der Waals surface area contributed by atoms with E-state index >= 15 is 0 Å². The molecule has 0 aliphatic rings. The SMILES string of the molecule is O=C(/C=C(\O)c1c(O)c2nccnc2[nH]c1=O)C(F)(F)F. The lowest BCUT2D eigenvalue weighted by atomic mass is 10.1. The number of carbonyl (C=O) groups is 1. The van der Waals surface area contributed by atoms with Crippen molar-refractivity contribution in [2.45, 2.75) is 6.18 Å². The molecule has 0 radical (unpaired) electrons. The quantitative estimate of drug-likeness (QED) is 0.564. The van der Waals surface area contributed by atoms with Gasteiger partial charge in [0.25, 0.3) is 11.3 Å². The van der Waals surface area contributed by atoms with E-state index in [4.69, 9.17) is 0 Å². The normalized spacial score (nSPS) is 12.6. The summed E-state index contributed by atoms with van der Waals surface area (Å²) in [4.78, 5) is 31.9. The molecule has 2 rings (SSSR count). The fraction of sp³-hybridized carbons (Fsp3) is 0.0909. The van der Waals surface area contributed by atoms with Gasteiger partial charge in [-0.1, -0.05) is 0 Å². The molecule has 0 aliphatic carbocycles. The van der Waals surface area contributed by atoms with Crippen molar-refractivity contribution in [2.24, 2.45) is 0 Å². The number of aromatic hydroxyl groups is 1. The number of rotatable bonds is 2. The molecule has 0 aliphatic heterocycles. The first-order chi connectivity index (χ1) is 9.71. The Morgan fingerprint density at radius 1 is 1.29 bits per heavy atom. The van der Waals surface area contributed by atoms with Gasteiger partial charge in [-0.15, -0.1) is 0 Å². The van der Waals surface area contributed by atoms with Crippen molar-refractivity contribution in [3.8, 4) is 5.75 Å². The Balaban J connectivity index is 2.64. The maximum absolute atomic E-state index is 12.1. The smallest absolute Gasteiger partial charge is 0.454 e. The second-order valence-electron chi connectivity index (χ2n) is 3.82. The molecule has 10 heteroatoms. The third-order valence-corrected chi connectivity index (χ3v) is 2.42. The summed E-state index contributed by atoms with van der Waals surface area (Å²) >= 11 is 0. The molecule has 0 aromatic carbocycles. The number of alkyl halides is 3. The summed E-state index contributed by atoms with van der Waals surface area (Å²) in [5, 5.41) is 19.3. The Hall–Kier alpha value is -2.91. The van der Waals surface area contributed by atoms with E-state index in [0.29, 0.717) is 0 Å². The average Bonchev–Trinajstić information content (AvgIpc) is 2.37. The number of hydrogen-bond acceptors (Lipinski definition) is 6. The van der Waals surface area contributed by atoms with Gasteiger partial charge in [0.15, 0.2) is 11.4 Å². The fourth-order valence-corrected chi connectivity index (χ4v) is 1.51. The third kappa shape index (κ3) is 2.68. The highest BCUT2D eigenvalue weighted by Crippen LogP contribution is 2.26. The summed E-state index contributed by atoms with van der Waals surface area (Å²) in [6, 6.07) is 0. The van der Waals surface area contributed by atoms with Crippen LogP contribution < -0.4 is 5.56 Å². The number of hydrogen-bond donors (Lipinski definition) is 3. The highest BCUT2D eigenvalue weighted by atomic mass is 19.4. The van der Waals surface area contributed by atoms with Gasteiger partial charge in [0.2, 0.25) is 0 Å². The zero-order valence-electron chi connectivity index (χ0n) is 9.97. The monoisotopic (exact) mass is 301 g/mol.